The normalized spacial score (nSPS) is 14.7. The fourth-order valence-electron chi connectivity index (χ4n) is 3.36. The number of rotatable bonds is 6. The van der Waals surface area contributed by atoms with Gasteiger partial charge in [0.15, 0.2) is 11.9 Å². The maximum atomic E-state index is 12.5. The molecule has 0 aromatic heterocycles. The smallest absolute Gasteiger partial charge is 0.265 e. The predicted molar refractivity (Wildman–Crippen MR) is 119 cm³/mol. The zero-order valence-corrected chi connectivity index (χ0v) is 17.1. The highest BCUT2D eigenvalue weighted by Crippen LogP contribution is 2.32. The second-order valence-electron chi connectivity index (χ2n) is 7.37. The molecule has 1 atom stereocenters. The molecule has 4 rings (SSSR count). The SMILES string of the molecule is C[C@H]1Oc2ccc(NC(=O)CCC(=O)c3ccc(-c4ccccc4)cc3)cc2NC1=O. The molecule has 0 spiro atoms. The third kappa shape index (κ3) is 4.80. The minimum Gasteiger partial charge on any atom is -0.479 e. The van der Waals surface area contributed by atoms with Crippen molar-refractivity contribution in [2.75, 3.05) is 10.6 Å². The third-order valence-corrected chi connectivity index (χ3v) is 5.09. The Bertz CT molecular complexity index is 1120. The number of Topliss-reactive ketones (excluding diaryl/α,β-unsaturated/α-hetero) is 1. The molecule has 0 aliphatic carbocycles. The monoisotopic (exact) mass is 414 g/mol. The third-order valence-electron chi connectivity index (χ3n) is 5.09. The summed E-state index contributed by atoms with van der Waals surface area (Å²) in [6.45, 7) is 1.67. The van der Waals surface area contributed by atoms with Gasteiger partial charge in [0.2, 0.25) is 5.91 Å². The Morgan fingerprint density at radius 3 is 2.39 bits per heavy atom. The van der Waals surface area contributed by atoms with Crippen LogP contribution in [0.5, 0.6) is 5.75 Å². The second-order valence-corrected chi connectivity index (χ2v) is 7.37. The lowest BCUT2D eigenvalue weighted by Crippen LogP contribution is -2.34. The Morgan fingerprint density at radius 2 is 1.65 bits per heavy atom. The minimum absolute atomic E-state index is 0.0657. The van der Waals surface area contributed by atoms with Crippen molar-refractivity contribution < 1.29 is 19.1 Å². The molecule has 1 aliphatic rings. The zero-order chi connectivity index (χ0) is 21.8. The summed E-state index contributed by atoms with van der Waals surface area (Å²) in [5.41, 5.74) is 3.74. The summed E-state index contributed by atoms with van der Waals surface area (Å²) in [6.07, 6.45) is -0.379. The molecule has 0 fully saturated rings. The standard InChI is InChI=1S/C25H22N2O4/c1-16-25(30)27-21-15-20(11-13-23(21)31-16)26-24(29)14-12-22(28)19-9-7-18(8-10-19)17-5-3-2-4-6-17/h2-11,13,15-16H,12,14H2,1H3,(H,26,29)(H,27,30)/t16-/m1/s1. The van der Waals surface area contributed by atoms with Crippen LogP contribution in [0.2, 0.25) is 0 Å². The number of fused-ring (bicyclic) bond motifs is 1. The molecule has 3 aromatic carbocycles. The number of ether oxygens (including phenoxy) is 1. The van der Waals surface area contributed by atoms with Gasteiger partial charge in [-0.15, -0.1) is 0 Å². The van der Waals surface area contributed by atoms with Gasteiger partial charge in [0, 0.05) is 24.1 Å². The van der Waals surface area contributed by atoms with Crippen LogP contribution in [0.4, 0.5) is 11.4 Å². The van der Waals surface area contributed by atoms with E-state index in [0.717, 1.165) is 11.1 Å². The fraction of sp³-hybridized carbons (Fsp3) is 0.160. The molecule has 0 saturated heterocycles. The van der Waals surface area contributed by atoms with Crippen LogP contribution in [-0.2, 0) is 9.59 Å². The summed E-state index contributed by atoms with van der Waals surface area (Å²) in [4.78, 5) is 36.5. The van der Waals surface area contributed by atoms with Crippen LogP contribution in [0.15, 0.2) is 72.8 Å². The quantitative estimate of drug-likeness (QED) is 0.574. The number of hydrogen-bond donors (Lipinski definition) is 2. The molecule has 3 aromatic rings. The Labute approximate surface area is 180 Å². The average molecular weight is 414 g/mol. The highest BCUT2D eigenvalue weighted by molar-refractivity contribution is 6.01. The van der Waals surface area contributed by atoms with Gasteiger partial charge >= 0.3 is 0 Å². The lowest BCUT2D eigenvalue weighted by Gasteiger charge is -2.23. The largest absolute Gasteiger partial charge is 0.479 e. The lowest BCUT2D eigenvalue weighted by atomic mass is 10.0. The molecule has 0 saturated carbocycles. The maximum absolute atomic E-state index is 12.5. The van der Waals surface area contributed by atoms with Crippen molar-refractivity contribution in [2.45, 2.75) is 25.9 Å². The van der Waals surface area contributed by atoms with Gasteiger partial charge in [-0.05, 0) is 36.2 Å². The number of benzene rings is 3. The summed E-state index contributed by atoms with van der Waals surface area (Å²) in [5.74, 6) is -0.0421. The first kappa shape index (κ1) is 20.3. The molecule has 6 nitrogen and oxygen atoms in total. The first-order valence-electron chi connectivity index (χ1n) is 10.1. The van der Waals surface area contributed by atoms with E-state index in [4.69, 9.17) is 4.74 Å². The van der Waals surface area contributed by atoms with E-state index < -0.39 is 6.10 Å². The number of carbonyl (C=O) groups is 3. The topological polar surface area (TPSA) is 84.5 Å². The van der Waals surface area contributed by atoms with Crippen LogP contribution >= 0.6 is 0 Å². The first-order valence-corrected chi connectivity index (χ1v) is 10.1. The molecule has 0 radical (unpaired) electrons. The van der Waals surface area contributed by atoms with E-state index in [0.29, 0.717) is 22.7 Å². The van der Waals surface area contributed by atoms with Gasteiger partial charge < -0.3 is 15.4 Å². The highest BCUT2D eigenvalue weighted by atomic mass is 16.5. The summed E-state index contributed by atoms with van der Waals surface area (Å²) in [5, 5.41) is 5.50. The van der Waals surface area contributed by atoms with Crippen LogP contribution in [-0.4, -0.2) is 23.7 Å². The van der Waals surface area contributed by atoms with E-state index >= 15 is 0 Å². The van der Waals surface area contributed by atoms with Gasteiger partial charge in [-0.2, -0.15) is 0 Å². The van der Waals surface area contributed by atoms with Gasteiger partial charge in [-0.1, -0.05) is 54.6 Å². The first-order chi connectivity index (χ1) is 15.0. The minimum atomic E-state index is -0.555. The van der Waals surface area contributed by atoms with Crippen LogP contribution in [0.3, 0.4) is 0 Å². The predicted octanol–water partition coefficient (Wildman–Crippen LogP) is 4.67. The molecule has 2 amide bonds. The van der Waals surface area contributed by atoms with Gasteiger partial charge in [0.05, 0.1) is 5.69 Å². The number of hydrogen-bond acceptors (Lipinski definition) is 4. The van der Waals surface area contributed by atoms with Crippen molar-refractivity contribution in [1.29, 1.82) is 0 Å². The summed E-state index contributed by atoms with van der Waals surface area (Å²) < 4.78 is 5.50. The van der Waals surface area contributed by atoms with Crippen molar-refractivity contribution >= 4 is 29.0 Å². The Balaban J connectivity index is 1.32. The number of carbonyl (C=O) groups excluding carboxylic acids is 3. The summed E-state index contributed by atoms with van der Waals surface area (Å²) in [6, 6.07) is 22.4. The number of ketones is 1. The molecular formula is C25H22N2O4. The highest BCUT2D eigenvalue weighted by Gasteiger charge is 2.23. The van der Waals surface area contributed by atoms with E-state index in [9.17, 15) is 14.4 Å². The molecule has 2 N–H and O–H groups in total. The van der Waals surface area contributed by atoms with Gasteiger partial charge in [-0.3, -0.25) is 14.4 Å². The number of nitrogens with one attached hydrogen (secondary N) is 2. The van der Waals surface area contributed by atoms with Crippen molar-refractivity contribution in [1.82, 2.24) is 0 Å². The van der Waals surface area contributed by atoms with Crippen molar-refractivity contribution in [3.8, 4) is 16.9 Å². The van der Waals surface area contributed by atoms with Crippen LogP contribution in [0.1, 0.15) is 30.1 Å². The molecule has 31 heavy (non-hydrogen) atoms. The van der Waals surface area contributed by atoms with E-state index in [-0.39, 0.29) is 30.4 Å². The van der Waals surface area contributed by atoms with Crippen molar-refractivity contribution in [3.63, 3.8) is 0 Å². The van der Waals surface area contributed by atoms with Crippen LogP contribution in [0, 0.1) is 0 Å². The van der Waals surface area contributed by atoms with E-state index in [2.05, 4.69) is 10.6 Å². The molecular weight excluding hydrogens is 392 g/mol. The van der Waals surface area contributed by atoms with Crippen LogP contribution in [0.25, 0.3) is 11.1 Å². The molecule has 0 bridgehead atoms. The lowest BCUT2D eigenvalue weighted by molar-refractivity contribution is -0.122. The number of anilines is 2. The summed E-state index contributed by atoms with van der Waals surface area (Å²) >= 11 is 0. The van der Waals surface area contributed by atoms with E-state index in [1.165, 1.54) is 0 Å². The Kier molecular flexibility index (Phi) is 5.80. The molecule has 6 heteroatoms. The van der Waals surface area contributed by atoms with E-state index in [1.54, 1.807) is 37.3 Å². The van der Waals surface area contributed by atoms with Crippen LogP contribution < -0.4 is 15.4 Å². The Hall–Kier alpha value is -3.93. The van der Waals surface area contributed by atoms with Gasteiger partial charge in [-0.25, -0.2) is 0 Å². The molecule has 0 unspecified atom stereocenters. The molecule has 1 heterocycles. The van der Waals surface area contributed by atoms with Gasteiger partial charge in [0.1, 0.15) is 5.75 Å². The number of amides is 2. The van der Waals surface area contributed by atoms with Crippen molar-refractivity contribution in [2.24, 2.45) is 0 Å². The average Bonchev–Trinajstić information content (AvgIpc) is 2.79. The summed E-state index contributed by atoms with van der Waals surface area (Å²) in [7, 11) is 0. The molecule has 156 valence electrons. The zero-order valence-electron chi connectivity index (χ0n) is 17.1. The van der Waals surface area contributed by atoms with Gasteiger partial charge in [0.25, 0.3) is 5.91 Å². The maximum Gasteiger partial charge on any atom is 0.265 e. The van der Waals surface area contributed by atoms with Crippen molar-refractivity contribution in [3.05, 3.63) is 78.4 Å². The second kappa shape index (κ2) is 8.83. The fourth-order valence-corrected chi connectivity index (χ4v) is 3.36. The van der Waals surface area contributed by atoms with E-state index in [1.807, 2.05) is 42.5 Å². The molecule has 1 aliphatic heterocycles. The Morgan fingerprint density at radius 1 is 0.935 bits per heavy atom.